The zero-order chi connectivity index (χ0) is 16.1. The summed E-state index contributed by atoms with van der Waals surface area (Å²) in [5.74, 6) is -1.31. The summed E-state index contributed by atoms with van der Waals surface area (Å²) >= 11 is 1.44. The van der Waals surface area contributed by atoms with E-state index < -0.39 is 23.7 Å². The second kappa shape index (κ2) is 7.31. The summed E-state index contributed by atoms with van der Waals surface area (Å²) in [7, 11) is 0. The second-order valence-electron chi connectivity index (χ2n) is 4.84. The van der Waals surface area contributed by atoms with Gasteiger partial charge in [-0.2, -0.15) is 0 Å². The predicted molar refractivity (Wildman–Crippen MR) is 81.6 cm³/mol. The number of thiazole rings is 1. The monoisotopic (exact) mass is 325 g/mol. The van der Waals surface area contributed by atoms with Crippen LogP contribution in [0.2, 0.25) is 0 Å². The Bertz CT molecular complexity index is 634. The maximum absolute atomic E-state index is 13.8. The van der Waals surface area contributed by atoms with Gasteiger partial charge in [-0.05, 0) is 19.4 Å². The molecule has 4 nitrogen and oxygen atoms in total. The molecular weight excluding hydrogens is 308 g/mol. The smallest absolute Gasteiger partial charge is 0.315 e. The zero-order valence-electron chi connectivity index (χ0n) is 12.3. The fraction of sp³-hybridized carbons (Fsp3) is 0.333. The number of urea groups is 1. The molecule has 2 atom stereocenters. The summed E-state index contributed by atoms with van der Waals surface area (Å²) in [6.45, 7) is 3.63. The van der Waals surface area contributed by atoms with Crippen LogP contribution < -0.4 is 10.6 Å². The van der Waals surface area contributed by atoms with Crippen molar-refractivity contribution in [2.45, 2.75) is 32.4 Å². The highest BCUT2D eigenvalue weighted by molar-refractivity contribution is 7.09. The minimum absolute atomic E-state index is 0.240. The van der Waals surface area contributed by atoms with E-state index in [4.69, 9.17) is 0 Å². The minimum Gasteiger partial charge on any atom is -0.331 e. The Kier molecular flexibility index (Phi) is 5.43. The Hall–Kier alpha value is -2.02. The molecule has 0 spiro atoms. The van der Waals surface area contributed by atoms with Gasteiger partial charge >= 0.3 is 6.03 Å². The van der Waals surface area contributed by atoms with Gasteiger partial charge in [0.1, 0.15) is 16.6 Å². The van der Waals surface area contributed by atoms with Crippen molar-refractivity contribution in [3.8, 4) is 0 Å². The van der Waals surface area contributed by atoms with Gasteiger partial charge in [0.2, 0.25) is 0 Å². The van der Waals surface area contributed by atoms with Crippen LogP contribution in [0, 0.1) is 11.6 Å². The van der Waals surface area contributed by atoms with E-state index in [0.717, 1.165) is 11.1 Å². The summed E-state index contributed by atoms with van der Waals surface area (Å²) in [5, 5.41) is 8.07. The van der Waals surface area contributed by atoms with Gasteiger partial charge in [-0.25, -0.2) is 18.6 Å². The number of halogens is 2. The van der Waals surface area contributed by atoms with Crippen molar-refractivity contribution >= 4 is 17.4 Å². The number of nitrogens with zero attached hydrogens (tertiary/aromatic N) is 1. The van der Waals surface area contributed by atoms with Crippen LogP contribution in [0.5, 0.6) is 0 Å². The van der Waals surface area contributed by atoms with Crippen LogP contribution in [0.3, 0.4) is 0 Å². The number of amides is 2. The van der Waals surface area contributed by atoms with Crippen molar-refractivity contribution in [2.75, 3.05) is 0 Å². The van der Waals surface area contributed by atoms with E-state index in [-0.39, 0.29) is 11.6 Å². The Morgan fingerprint density at radius 3 is 2.73 bits per heavy atom. The SMILES string of the molecule is CC[C@H](NC(=O)N[C@H](C)c1nccs1)c1ccc(F)cc1F. The average molecular weight is 325 g/mol. The molecule has 2 aromatic rings. The summed E-state index contributed by atoms with van der Waals surface area (Å²) in [5.41, 5.74) is 0.265. The van der Waals surface area contributed by atoms with Gasteiger partial charge in [-0.3, -0.25) is 0 Å². The Labute approximate surface area is 131 Å². The van der Waals surface area contributed by atoms with Crippen molar-refractivity contribution in [2.24, 2.45) is 0 Å². The fourth-order valence-corrected chi connectivity index (χ4v) is 2.74. The second-order valence-corrected chi connectivity index (χ2v) is 5.76. The van der Waals surface area contributed by atoms with Gasteiger partial charge in [-0.15, -0.1) is 11.3 Å². The van der Waals surface area contributed by atoms with Crippen LogP contribution in [0.4, 0.5) is 13.6 Å². The first-order valence-electron chi connectivity index (χ1n) is 6.92. The quantitative estimate of drug-likeness (QED) is 0.875. The first kappa shape index (κ1) is 16.4. The third kappa shape index (κ3) is 4.00. The fourth-order valence-electron chi connectivity index (χ4n) is 2.09. The van der Waals surface area contributed by atoms with Gasteiger partial charge in [0.15, 0.2) is 0 Å². The van der Waals surface area contributed by atoms with E-state index in [1.54, 1.807) is 6.20 Å². The van der Waals surface area contributed by atoms with E-state index in [1.165, 1.54) is 23.5 Å². The molecule has 22 heavy (non-hydrogen) atoms. The van der Waals surface area contributed by atoms with Crippen molar-refractivity contribution in [3.63, 3.8) is 0 Å². The molecule has 118 valence electrons. The highest BCUT2D eigenvalue weighted by Gasteiger charge is 2.18. The highest BCUT2D eigenvalue weighted by Crippen LogP contribution is 2.21. The van der Waals surface area contributed by atoms with Crippen LogP contribution in [-0.4, -0.2) is 11.0 Å². The van der Waals surface area contributed by atoms with Crippen LogP contribution in [0.15, 0.2) is 29.8 Å². The number of hydrogen-bond acceptors (Lipinski definition) is 3. The maximum atomic E-state index is 13.8. The standard InChI is InChI=1S/C15H17F2N3OS/c1-3-13(11-5-4-10(16)8-12(11)17)20-15(21)19-9(2)14-18-6-7-22-14/h4-9,13H,3H2,1-2H3,(H2,19,20,21)/t9-,13+/m1/s1. The summed E-state index contributed by atoms with van der Waals surface area (Å²) in [4.78, 5) is 16.2. The number of hydrogen-bond donors (Lipinski definition) is 2. The van der Waals surface area contributed by atoms with E-state index in [1.807, 2.05) is 19.2 Å². The largest absolute Gasteiger partial charge is 0.331 e. The summed E-state index contributed by atoms with van der Waals surface area (Å²) in [6, 6.07) is 2.16. The van der Waals surface area contributed by atoms with E-state index in [0.29, 0.717) is 6.42 Å². The third-order valence-corrected chi connectivity index (χ3v) is 4.18. The number of rotatable bonds is 5. The lowest BCUT2D eigenvalue weighted by Gasteiger charge is -2.20. The van der Waals surface area contributed by atoms with Gasteiger partial charge in [-0.1, -0.05) is 13.0 Å². The molecule has 0 radical (unpaired) electrons. The molecule has 0 saturated carbocycles. The lowest BCUT2D eigenvalue weighted by molar-refractivity contribution is 0.233. The minimum atomic E-state index is -0.667. The van der Waals surface area contributed by atoms with Crippen molar-refractivity contribution in [1.29, 1.82) is 0 Å². The van der Waals surface area contributed by atoms with Crippen LogP contribution in [-0.2, 0) is 0 Å². The topological polar surface area (TPSA) is 54.0 Å². The molecule has 2 rings (SSSR count). The molecule has 0 bridgehead atoms. The molecule has 0 fully saturated rings. The van der Waals surface area contributed by atoms with E-state index in [9.17, 15) is 13.6 Å². The van der Waals surface area contributed by atoms with Gasteiger partial charge in [0.05, 0.1) is 12.1 Å². The van der Waals surface area contributed by atoms with Crippen LogP contribution in [0.1, 0.15) is 42.9 Å². The Morgan fingerprint density at radius 1 is 1.36 bits per heavy atom. The molecular formula is C15H17F2N3OS. The predicted octanol–water partition coefficient (Wildman–Crippen LogP) is 3.93. The molecule has 0 aliphatic heterocycles. The Balaban J connectivity index is 2.02. The first-order chi connectivity index (χ1) is 10.5. The van der Waals surface area contributed by atoms with Gasteiger partial charge < -0.3 is 10.6 Å². The lowest BCUT2D eigenvalue weighted by Crippen LogP contribution is -2.39. The van der Waals surface area contributed by atoms with Crippen molar-refractivity contribution in [3.05, 3.63) is 52.0 Å². The first-order valence-corrected chi connectivity index (χ1v) is 7.80. The molecule has 7 heteroatoms. The molecule has 0 unspecified atom stereocenters. The van der Waals surface area contributed by atoms with Crippen LogP contribution >= 0.6 is 11.3 Å². The van der Waals surface area contributed by atoms with Gasteiger partial charge in [0.25, 0.3) is 0 Å². The van der Waals surface area contributed by atoms with E-state index >= 15 is 0 Å². The molecule has 1 heterocycles. The van der Waals surface area contributed by atoms with E-state index in [2.05, 4.69) is 15.6 Å². The molecule has 2 N–H and O–H groups in total. The highest BCUT2D eigenvalue weighted by atomic mass is 32.1. The third-order valence-electron chi connectivity index (χ3n) is 3.22. The van der Waals surface area contributed by atoms with Crippen molar-refractivity contribution < 1.29 is 13.6 Å². The molecule has 2 amide bonds. The maximum Gasteiger partial charge on any atom is 0.315 e. The molecule has 0 aliphatic rings. The van der Waals surface area contributed by atoms with Crippen LogP contribution in [0.25, 0.3) is 0 Å². The lowest BCUT2D eigenvalue weighted by atomic mass is 10.0. The molecule has 1 aromatic heterocycles. The van der Waals surface area contributed by atoms with Gasteiger partial charge in [0, 0.05) is 23.2 Å². The number of carbonyl (C=O) groups is 1. The summed E-state index contributed by atoms with van der Waals surface area (Å²) < 4.78 is 26.8. The van der Waals surface area contributed by atoms with Crippen molar-refractivity contribution in [1.82, 2.24) is 15.6 Å². The molecule has 1 aromatic carbocycles. The Morgan fingerprint density at radius 2 is 2.14 bits per heavy atom. The normalized spacial score (nSPS) is 13.5. The zero-order valence-corrected chi connectivity index (χ0v) is 13.1. The molecule has 0 aliphatic carbocycles. The number of nitrogens with one attached hydrogen (secondary N) is 2. The average Bonchev–Trinajstić information content (AvgIpc) is 2.99. The molecule has 0 saturated heterocycles. The number of carbonyl (C=O) groups excluding carboxylic acids is 1. The number of aromatic nitrogens is 1. The number of benzene rings is 1. The summed E-state index contributed by atoms with van der Waals surface area (Å²) in [6.07, 6.45) is 2.15.